The molecule has 6 nitrogen and oxygen atoms in total. The number of rotatable bonds is 6. The van der Waals surface area contributed by atoms with Gasteiger partial charge in [-0.3, -0.25) is 4.68 Å². The predicted octanol–water partition coefficient (Wildman–Crippen LogP) is 0.769. The van der Waals surface area contributed by atoms with Crippen LogP contribution in [-0.4, -0.2) is 47.8 Å². The summed E-state index contributed by atoms with van der Waals surface area (Å²) in [4.78, 5) is 0.279. The highest BCUT2D eigenvalue weighted by Crippen LogP contribution is 2.39. The molecule has 0 saturated heterocycles. The molecule has 1 aliphatic carbocycles. The Hall–Kier alpha value is -0.920. The first-order valence-corrected chi connectivity index (χ1v) is 8.34. The minimum atomic E-state index is -3.51. The lowest BCUT2D eigenvalue weighted by molar-refractivity contribution is 0.267. The third-order valence-corrected chi connectivity index (χ3v) is 6.14. The van der Waals surface area contributed by atoms with Gasteiger partial charge in [-0.15, -0.1) is 0 Å². The number of hydrogen-bond donors (Lipinski definition) is 1. The summed E-state index contributed by atoms with van der Waals surface area (Å²) >= 11 is 0. The molecule has 7 heteroatoms. The molecule has 1 saturated carbocycles. The van der Waals surface area contributed by atoms with Gasteiger partial charge in [-0.05, 0) is 32.1 Å². The Morgan fingerprint density at radius 1 is 1.45 bits per heavy atom. The Morgan fingerprint density at radius 3 is 2.55 bits per heavy atom. The number of aliphatic hydroxyl groups is 1. The van der Waals surface area contributed by atoms with E-state index in [4.69, 9.17) is 5.11 Å². The molecule has 2 atom stereocenters. The fourth-order valence-electron chi connectivity index (χ4n) is 2.60. The lowest BCUT2D eigenvalue weighted by Crippen LogP contribution is -2.30. The van der Waals surface area contributed by atoms with Gasteiger partial charge in [-0.2, -0.15) is 5.10 Å². The van der Waals surface area contributed by atoms with Gasteiger partial charge >= 0.3 is 0 Å². The Kier molecular flexibility index (Phi) is 4.22. The molecule has 2 unspecified atom stereocenters. The van der Waals surface area contributed by atoms with Crippen molar-refractivity contribution >= 4 is 10.0 Å². The summed E-state index contributed by atoms with van der Waals surface area (Å²) in [5.74, 6) is 1.09. The fraction of sp³-hybridized carbons (Fsp3) is 0.769. The van der Waals surface area contributed by atoms with Gasteiger partial charge in [0.05, 0.1) is 24.5 Å². The molecule has 1 N–H and O–H groups in total. The maximum absolute atomic E-state index is 12.7. The Morgan fingerprint density at radius 2 is 2.05 bits per heavy atom. The maximum Gasteiger partial charge on any atom is 0.246 e. The summed E-state index contributed by atoms with van der Waals surface area (Å²) in [5, 5.41) is 13.2. The van der Waals surface area contributed by atoms with Crippen molar-refractivity contribution in [1.82, 2.24) is 14.1 Å². The number of hydrogen-bond acceptors (Lipinski definition) is 4. The van der Waals surface area contributed by atoms with E-state index in [0.717, 1.165) is 6.42 Å². The second kappa shape index (κ2) is 5.46. The zero-order chi connectivity index (χ0) is 15.1. The first-order valence-electron chi connectivity index (χ1n) is 6.90. The van der Waals surface area contributed by atoms with Crippen molar-refractivity contribution < 1.29 is 13.5 Å². The number of sulfonamides is 1. The van der Waals surface area contributed by atoms with Gasteiger partial charge in [0.2, 0.25) is 10.0 Å². The molecule has 20 heavy (non-hydrogen) atoms. The molecule has 0 aliphatic heterocycles. The van der Waals surface area contributed by atoms with Crippen molar-refractivity contribution in [3.8, 4) is 0 Å². The Labute approximate surface area is 120 Å². The van der Waals surface area contributed by atoms with Gasteiger partial charge in [0.1, 0.15) is 4.90 Å². The van der Waals surface area contributed by atoms with Gasteiger partial charge < -0.3 is 5.11 Å². The van der Waals surface area contributed by atoms with E-state index in [1.165, 1.54) is 4.31 Å². The van der Waals surface area contributed by atoms with E-state index in [1.54, 1.807) is 25.6 Å². The molecular weight excluding hydrogens is 278 g/mol. The predicted molar refractivity (Wildman–Crippen MR) is 75.9 cm³/mol. The first kappa shape index (κ1) is 15.5. The molecule has 1 aromatic heterocycles. The van der Waals surface area contributed by atoms with Crippen LogP contribution in [0.5, 0.6) is 0 Å². The molecule has 114 valence electrons. The maximum atomic E-state index is 12.7. The van der Waals surface area contributed by atoms with Gasteiger partial charge in [0.15, 0.2) is 0 Å². The first-order chi connectivity index (χ1) is 9.28. The van der Waals surface area contributed by atoms with Gasteiger partial charge in [-0.1, -0.05) is 6.92 Å². The number of aryl methyl sites for hydroxylation is 1. The van der Waals surface area contributed by atoms with Crippen molar-refractivity contribution in [2.24, 2.45) is 11.8 Å². The van der Waals surface area contributed by atoms with Crippen LogP contribution in [-0.2, 0) is 16.6 Å². The summed E-state index contributed by atoms with van der Waals surface area (Å²) < 4.78 is 28.3. The highest BCUT2D eigenvalue weighted by molar-refractivity contribution is 7.89. The average molecular weight is 301 g/mol. The van der Waals surface area contributed by atoms with Crippen LogP contribution in [0.4, 0.5) is 0 Å². The normalized spacial score (nSPS) is 22.5. The van der Waals surface area contributed by atoms with E-state index in [-0.39, 0.29) is 11.5 Å². The molecule has 1 heterocycles. The molecular formula is C13H23N3O3S. The topological polar surface area (TPSA) is 75.4 Å². The summed E-state index contributed by atoms with van der Waals surface area (Å²) in [6, 6.07) is 0. The van der Waals surface area contributed by atoms with E-state index in [9.17, 15) is 8.42 Å². The van der Waals surface area contributed by atoms with Crippen LogP contribution in [0.15, 0.2) is 4.90 Å². The summed E-state index contributed by atoms with van der Waals surface area (Å²) in [5.41, 5.74) is 1.08. The second-order valence-electron chi connectivity index (χ2n) is 5.71. The van der Waals surface area contributed by atoms with Crippen molar-refractivity contribution in [2.45, 2.75) is 38.6 Å². The molecule has 0 spiro atoms. The van der Waals surface area contributed by atoms with Crippen LogP contribution >= 0.6 is 0 Å². The van der Waals surface area contributed by atoms with Crippen molar-refractivity contribution in [2.75, 3.05) is 20.2 Å². The van der Waals surface area contributed by atoms with Crippen LogP contribution in [0.25, 0.3) is 0 Å². The van der Waals surface area contributed by atoms with Crippen molar-refractivity contribution in [3.05, 3.63) is 11.4 Å². The molecule has 2 rings (SSSR count). The summed E-state index contributed by atoms with van der Waals surface area (Å²) in [6.07, 6.45) is 1.10. The molecule has 0 aromatic carbocycles. The highest BCUT2D eigenvalue weighted by atomic mass is 32.2. The van der Waals surface area contributed by atoms with E-state index in [0.29, 0.717) is 36.3 Å². The van der Waals surface area contributed by atoms with Crippen LogP contribution in [0.2, 0.25) is 0 Å². The Balaban J connectivity index is 2.28. The average Bonchev–Trinajstić information content (AvgIpc) is 2.95. The van der Waals surface area contributed by atoms with E-state index < -0.39 is 10.0 Å². The molecule has 1 aromatic rings. The smallest absolute Gasteiger partial charge is 0.246 e. The van der Waals surface area contributed by atoms with E-state index in [2.05, 4.69) is 12.0 Å². The fourth-order valence-corrected chi connectivity index (χ4v) is 4.20. The largest absolute Gasteiger partial charge is 0.394 e. The summed E-state index contributed by atoms with van der Waals surface area (Å²) in [7, 11) is -1.88. The summed E-state index contributed by atoms with van der Waals surface area (Å²) in [6.45, 7) is 6.38. The lowest BCUT2D eigenvalue weighted by Gasteiger charge is -2.17. The zero-order valence-electron chi connectivity index (χ0n) is 12.5. The molecule has 0 radical (unpaired) electrons. The lowest BCUT2D eigenvalue weighted by atomic mass is 10.3. The van der Waals surface area contributed by atoms with E-state index >= 15 is 0 Å². The Bertz CT molecular complexity index is 594. The zero-order valence-corrected chi connectivity index (χ0v) is 13.3. The third kappa shape index (κ3) is 2.75. The molecule has 0 bridgehead atoms. The number of aromatic nitrogens is 2. The number of nitrogens with zero attached hydrogens (tertiary/aromatic N) is 3. The monoisotopic (exact) mass is 301 g/mol. The van der Waals surface area contributed by atoms with Crippen molar-refractivity contribution in [3.63, 3.8) is 0 Å². The highest BCUT2D eigenvalue weighted by Gasteiger charge is 2.37. The van der Waals surface area contributed by atoms with Gasteiger partial charge in [-0.25, -0.2) is 12.7 Å². The number of aliphatic hydroxyl groups excluding tert-OH is 1. The van der Waals surface area contributed by atoms with Crippen LogP contribution in [0.3, 0.4) is 0 Å². The third-order valence-electron chi connectivity index (χ3n) is 4.06. The standard InChI is InChI=1S/C13H23N3O3S/c1-9-7-12(9)8-15(4)20(18,19)13-10(2)14-16(5-6-17)11(13)3/h9,12,17H,5-8H2,1-4H3. The van der Waals surface area contributed by atoms with E-state index in [1.807, 2.05) is 0 Å². The SMILES string of the molecule is Cc1nn(CCO)c(C)c1S(=O)(=O)N(C)CC1CC1C. The molecule has 1 fully saturated rings. The van der Waals surface area contributed by atoms with Crippen LogP contribution < -0.4 is 0 Å². The minimum absolute atomic E-state index is 0.0587. The molecule has 0 amide bonds. The van der Waals surface area contributed by atoms with Gasteiger partial charge in [0, 0.05) is 13.6 Å². The quantitative estimate of drug-likeness (QED) is 0.842. The van der Waals surface area contributed by atoms with Crippen LogP contribution in [0.1, 0.15) is 24.7 Å². The van der Waals surface area contributed by atoms with Crippen LogP contribution in [0, 0.1) is 25.7 Å². The molecule has 1 aliphatic rings. The van der Waals surface area contributed by atoms with Gasteiger partial charge in [0.25, 0.3) is 0 Å². The van der Waals surface area contributed by atoms with Crippen molar-refractivity contribution in [1.29, 1.82) is 0 Å². The second-order valence-corrected chi connectivity index (χ2v) is 7.69. The minimum Gasteiger partial charge on any atom is -0.394 e.